The molecule has 0 bridgehead atoms. The molecule has 0 aliphatic rings. The first-order valence-electron chi connectivity index (χ1n) is 8.10. The fraction of sp³-hybridized carbons (Fsp3) is 0.167. The van der Waals surface area contributed by atoms with Gasteiger partial charge in [0.1, 0.15) is 0 Å². The summed E-state index contributed by atoms with van der Waals surface area (Å²) >= 11 is 13.2. The van der Waals surface area contributed by atoms with Crippen molar-refractivity contribution in [3.8, 4) is 11.4 Å². The molecule has 0 spiro atoms. The van der Waals surface area contributed by atoms with Crippen molar-refractivity contribution in [3.63, 3.8) is 0 Å². The van der Waals surface area contributed by atoms with Gasteiger partial charge in [0, 0.05) is 23.3 Å². The van der Waals surface area contributed by atoms with E-state index < -0.39 is 17.6 Å². The number of anilines is 1. The first-order valence-corrected chi connectivity index (χ1v) is 9.84. The summed E-state index contributed by atoms with van der Waals surface area (Å²) in [6.07, 6.45) is -4.48. The molecule has 11 heteroatoms. The number of carbonyl (C=O) groups excluding carboxylic acids is 1. The molecule has 3 rings (SSSR count). The maximum absolute atomic E-state index is 12.8. The topological polar surface area (TPSA) is 59.8 Å². The number of rotatable bonds is 5. The average Bonchev–Trinajstić information content (AvgIpc) is 3.00. The molecular formula is C18H13Cl2F3N4OS. The standard InChI is InChI=1S/C18H13Cl2F3N4OS/c1-27-16(13-6-5-11(19)8-14(13)20)25-26-17(27)29-9-15(28)24-12-4-2-3-10(7-12)18(21,22)23/h2-8H,9H2,1H3,(H,24,28). The van der Waals surface area contributed by atoms with Crippen molar-refractivity contribution < 1.29 is 18.0 Å². The summed E-state index contributed by atoms with van der Waals surface area (Å²) in [6.45, 7) is 0. The van der Waals surface area contributed by atoms with Gasteiger partial charge in [-0.25, -0.2) is 0 Å². The van der Waals surface area contributed by atoms with Gasteiger partial charge in [0.25, 0.3) is 0 Å². The maximum Gasteiger partial charge on any atom is 0.416 e. The van der Waals surface area contributed by atoms with Gasteiger partial charge < -0.3 is 9.88 Å². The lowest BCUT2D eigenvalue weighted by molar-refractivity contribution is -0.137. The van der Waals surface area contributed by atoms with Crippen LogP contribution in [0.2, 0.25) is 10.0 Å². The van der Waals surface area contributed by atoms with E-state index >= 15 is 0 Å². The number of nitrogens with one attached hydrogen (secondary N) is 1. The van der Waals surface area contributed by atoms with Crippen LogP contribution in [0.5, 0.6) is 0 Å². The number of nitrogens with zero attached hydrogens (tertiary/aromatic N) is 3. The number of benzene rings is 2. The molecule has 3 aromatic rings. The highest BCUT2D eigenvalue weighted by atomic mass is 35.5. The molecule has 1 aromatic heterocycles. The molecule has 1 N–H and O–H groups in total. The Labute approximate surface area is 178 Å². The van der Waals surface area contributed by atoms with Crippen molar-refractivity contribution in [2.45, 2.75) is 11.3 Å². The fourth-order valence-electron chi connectivity index (χ4n) is 2.45. The third-order valence-electron chi connectivity index (χ3n) is 3.81. The molecule has 29 heavy (non-hydrogen) atoms. The molecule has 1 amide bonds. The van der Waals surface area contributed by atoms with Crippen LogP contribution in [0.25, 0.3) is 11.4 Å². The van der Waals surface area contributed by atoms with Gasteiger partial charge in [-0.15, -0.1) is 10.2 Å². The normalized spacial score (nSPS) is 11.5. The number of carbonyl (C=O) groups is 1. The van der Waals surface area contributed by atoms with E-state index in [2.05, 4.69) is 15.5 Å². The minimum absolute atomic E-state index is 0.0590. The summed E-state index contributed by atoms with van der Waals surface area (Å²) < 4.78 is 39.9. The lowest BCUT2D eigenvalue weighted by atomic mass is 10.2. The van der Waals surface area contributed by atoms with Gasteiger partial charge in [0.2, 0.25) is 5.91 Å². The van der Waals surface area contributed by atoms with E-state index in [-0.39, 0.29) is 11.4 Å². The van der Waals surface area contributed by atoms with Crippen molar-refractivity contribution in [1.29, 1.82) is 0 Å². The third-order valence-corrected chi connectivity index (χ3v) is 5.38. The number of amides is 1. The second kappa shape index (κ2) is 8.64. The summed E-state index contributed by atoms with van der Waals surface area (Å²) in [5, 5.41) is 11.9. The zero-order valence-electron chi connectivity index (χ0n) is 14.8. The van der Waals surface area contributed by atoms with E-state index in [1.807, 2.05) is 0 Å². The van der Waals surface area contributed by atoms with Crippen LogP contribution in [-0.4, -0.2) is 26.4 Å². The van der Waals surface area contributed by atoms with Crippen molar-refractivity contribution in [3.05, 3.63) is 58.1 Å². The van der Waals surface area contributed by atoms with Crippen molar-refractivity contribution in [1.82, 2.24) is 14.8 Å². The van der Waals surface area contributed by atoms with Gasteiger partial charge in [0.05, 0.1) is 16.3 Å². The molecule has 0 aliphatic heterocycles. The van der Waals surface area contributed by atoms with E-state index in [1.165, 1.54) is 12.1 Å². The largest absolute Gasteiger partial charge is 0.416 e. The molecule has 1 heterocycles. The molecule has 0 saturated carbocycles. The highest BCUT2D eigenvalue weighted by Gasteiger charge is 2.30. The van der Waals surface area contributed by atoms with Gasteiger partial charge in [0.15, 0.2) is 11.0 Å². The molecule has 152 valence electrons. The Morgan fingerprint density at radius 1 is 1.17 bits per heavy atom. The molecule has 0 radical (unpaired) electrons. The van der Waals surface area contributed by atoms with Crippen molar-refractivity contribution in [2.75, 3.05) is 11.1 Å². The predicted octanol–water partition coefficient (Wildman–Crippen LogP) is 5.54. The van der Waals surface area contributed by atoms with Crippen LogP contribution < -0.4 is 5.32 Å². The first-order chi connectivity index (χ1) is 13.6. The van der Waals surface area contributed by atoms with Crippen LogP contribution in [0.3, 0.4) is 0 Å². The summed E-state index contributed by atoms with van der Waals surface area (Å²) in [5.74, 6) is -0.0350. The number of alkyl halides is 3. The smallest absolute Gasteiger partial charge is 0.325 e. The Balaban J connectivity index is 1.66. The van der Waals surface area contributed by atoms with Crippen LogP contribution in [0.1, 0.15) is 5.56 Å². The Bertz CT molecular complexity index is 1060. The fourth-order valence-corrected chi connectivity index (χ4v) is 3.65. The SMILES string of the molecule is Cn1c(SCC(=O)Nc2cccc(C(F)(F)F)c2)nnc1-c1ccc(Cl)cc1Cl. The number of hydrogen-bond acceptors (Lipinski definition) is 4. The Kier molecular flexibility index (Phi) is 6.40. The monoisotopic (exact) mass is 460 g/mol. The Morgan fingerprint density at radius 3 is 2.62 bits per heavy atom. The van der Waals surface area contributed by atoms with E-state index in [0.717, 1.165) is 23.9 Å². The highest BCUT2D eigenvalue weighted by Crippen LogP contribution is 2.32. The quantitative estimate of drug-likeness (QED) is 0.507. The molecule has 2 aromatic carbocycles. The van der Waals surface area contributed by atoms with Gasteiger partial charge in [-0.05, 0) is 36.4 Å². The number of halogens is 5. The summed E-state index contributed by atoms with van der Waals surface area (Å²) in [6, 6.07) is 9.41. The van der Waals surface area contributed by atoms with Crippen LogP contribution in [-0.2, 0) is 18.0 Å². The summed E-state index contributed by atoms with van der Waals surface area (Å²) in [7, 11) is 1.72. The second-order valence-corrected chi connectivity index (χ2v) is 7.69. The van der Waals surface area contributed by atoms with E-state index in [0.29, 0.717) is 26.6 Å². The predicted molar refractivity (Wildman–Crippen MR) is 107 cm³/mol. The Hall–Kier alpha value is -2.23. The number of thioether (sulfide) groups is 1. The van der Waals surface area contributed by atoms with E-state index in [4.69, 9.17) is 23.2 Å². The third kappa shape index (κ3) is 5.23. The van der Waals surface area contributed by atoms with Crippen LogP contribution >= 0.6 is 35.0 Å². The van der Waals surface area contributed by atoms with Crippen LogP contribution in [0.15, 0.2) is 47.6 Å². The minimum Gasteiger partial charge on any atom is -0.325 e. The van der Waals surface area contributed by atoms with Gasteiger partial charge in [-0.2, -0.15) is 13.2 Å². The second-order valence-electron chi connectivity index (χ2n) is 5.90. The van der Waals surface area contributed by atoms with Gasteiger partial charge in [-0.3, -0.25) is 4.79 Å². The van der Waals surface area contributed by atoms with Crippen LogP contribution in [0.4, 0.5) is 18.9 Å². The van der Waals surface area contributed by atoms with E-state index in [1.54, 1.807) is 29.8 Å². The van der Waals surface area contributed by atoms with E-state index in [9.17, 15) is 18.0 Å². The lowest BCUT2D eigenvalue weighted by Crippen LogP contribution is -2.15. The highest BCUT2D eigenvalue weighted by molar-refractivity contribution is 7.99. The van der Waals surface area contributed by atoms with Crippen molar-refractivity contribution in [2.24, 2.45) is 7.05 Å². The molecule has 5 nitrogen and oxygen atoms in total. The van der Waals surface area contributed by atoms with Gasteiger partial charge >= 0.3 is 6.18 Å². The first kappa shape index (κ1) is 21.5. The summed E-state index contributed by atoms with van der Waals surface area (Å²) in [5.41, 5.74) is -0.135. The van der Waals surface area contributed by atoms with Crippen LogP contribution in [0, 0.1) is 0 Å². The molecule has 0 saturated heterocycles. The lowest BCUT2D eigenvalue weighted by Gasteiger charge is -2.10. The zero-order chi connectivity index (χ0) is 21.2. The molecular weight excluding hydrogens is 448 g/mol. The Morgan fingerprint density at radius 2 is 1.93 bits per heavy atom. The minimum atomic E-state index is -4.48. The zero-order valence-corrected chi connectivity index (χ0v) is 17.1. The molecule has 0 atom stereocenters. The van der Waals surface area contributed by atoms with Crippen molar-refractivity contribution >= 4 is 46.6 Å². The number of hydrogen-bond donors (Lipinski definition) is 1. The summed E-state index contributed by atoms with van der Waals surface area (Å²) in [4.78, 5) is 12.1. The molecule has 0 aliphatic carbocycles. The van der Waals surface area contributed by atoms with Gasteiger partial charge in [-0.1, -0.05) is 41.0 Å². The molecule has 0 unspecified atom stereocenters. The maximum atomic E-state index is 12.8. The number of aromatic nitrogens is 3. The average molecular weight is 461 g/mol. The molecule has 0 fully saturated rings.